The molecule has 2 atom stereocenters. The van der Waals surface area contributed by atoms with Crippen molar-refractivity contribution in [3.8, 4) is 0 Å². The zero-order valence-corrected chi connectivity index (χ0v) is 38.2. The largest absolute Gasteiger partial charge is 0.477 e. The van der Waals surface area contributed by atoms with Gasteiger partial charge in [0.2, 0.25) is 0 Å². The van der Waals surface area contributed by atoms with Crippen LogP contribution >= 0.6 is 0 Å². The molecule has 0 radical (unpaired) electrons. The Balaban J connectivity index is 4.26. The van der Waals surface area contributed by atoms with Crippen LogP contribution in [0, 0.1) is 0 Å². The van der Waals surface area contributed by atoms with Gasteiger partial charge in [-0.05, 0) is 64.2 Å². The average Bonchev–Trinajstić information content (AvgIpc) is 3.18. The Kier molecular flexibility index (Phi) is 39.1. The number of nitrogens with zero attached hydrogens (tertiary/aromatic N) is 1. The molecule has 58 heavy (non-hydrogen) atoms. The van der Waals surface area contributed by atoms with Crippen LogP contribution in [0.4, 0.5) is 0 Å². The van der Waals surface area contributed by atoms with Gasteiger partial charge in [-0.15, -0.1) is 0 Å². The van der Waals surface area contributed by atoms with Gasteiger partial charge < -0.3 is 23.8 Å². The molecular weight excluding hydrogens is 727 g/mol. The maximum atomic E-state index is 12.7. The Bertz CT molecular complexity index is 1090. The number of carboxylic acid groups (broad SMARTS) is 1. The summed E-state index contributed by atoms with van der Waals surface area (Å²) < 4.78 is 17.2. The normalized spacial score (nSPS) is 13.3. The number of carbonyl (C=O) groups is 3. The number of carboxylic acids is 1. The minimum atomic E-state index is -0.881. The van der Waals surface area contributed by atoms with Gasteiger partial charge in [0.05, 0.1) is 34.4 Å². The highest BCUT2D eigenvalue weighted by atomic mass is 16.6. The number of hydrogen-bond acceptors (Lipinski definition) is 6. The molecule has 0 bridgehead atoms. The summed E-state index contributed by atoms with van der Waals surface area (Å²) in [6.07, 6.45) is 48.8. The van der Waals surface area contributed by atoms with Crippen LogP contribution < -0.4 is 0 Å². The molecule has 0 aliphatic heterocycles. The minimum absolute atomic E-state index is 0.0486. The van der Waals surface area contributed by atoms with Crippen LogP contribution in [0.2, 0.25) is 0 Å². The molecule has 0 aliphatic rings. The van der Waals surface area contributed by atoms with Gasteiger partial charge in [0.1, 0.15) is 6.61 Å². The van der Waals surface area contributed by atoms with Crippen molar-refractivity contribution in [2.75, 3.05) is 41.0 Å². The van der Waals surface area contributed by atoms with Crippen LogP contribution in [0.5, 0.6) is 0 Å². The fourth-order valence-electron chi connectivity index (χ4n) is 6.75. The molecule has 0 saturated heterocycles. The quantitative estimate of drug-likeness (QED) is 0.0215. The number of esters is 2. The zero-order valence-electron chi connectivity index (χ0n) is 38.2. The van der Waals surface area contributed by atoms with Crippen LogP contribution in [0.1, 0.15) is 200 Å². The highest BCUT2D eigenvalue weighted by Gasteiger charge is 2.31. The molecule has 0 saturated carbocycles. The summed E-state index contributed by atoms with van der Waals surface area (Å²) in [7, 11) is 5.51. The molecule has 0 aromatic carbocycles. The third kappa shape index (κ3) is 38.8. The summed E-state index contributed by atoms with van der Waals surface area (Å²) in [6, 6.07) is -0.620. The van der Waals surface area contributed by atoms with Crippen LogP contribution in [0.25, 0.3) is 0 Å². The molecule has 8 heteroatoms. The third-order valence-electron chi connectivity index (χ3n) is 10.5. The Hall–Kier alpha value is -2.71. The standard InChI is InChI=1S/C50H89NO7/c1-6-8-10-12-14-16-18-19-20-21-22-23-24-25-26-27-28-29-31-33-35-37-39-41-49(53)58-46(44-56-43-42-47(50(54)55)51(3,4)5)45-57-48(52)40-38-36-34-32-30-17-15-13-11-9-7-2/h13,15,17,22-23,25-26,30,46-47H,6-12,14,16,18-21,24,27-29,31-45H2,1-5H3/p+1/b15-13+,23-22+,26-25+,30-17+. The smallest absolute Gasteiger partial charge is 0.362 e. The van der Waals surface area contributed by atoms with Crippen LogP contribution in [0.3, 0.4) is 0 Å². The summed E-state index contributed by atoms with van der Waals surface area (Å²) in [4.78, 5) is 37.0. The minimum Gasteiger partial charge on any atom is -0.477 e. The number of rotatable bonds is 42. The molecule has 336 valence electrons. The van der Waals surface area contributed by atoms with Crippen molar-refractivity contribution < 1.29 is 38.2 Å². The second-order valence-electron chi connectivity index (χ2n) is 17.0. The van der Waals surface area contributed by atoms with Gasteiger partial charge in [-0.1, -0.05) is 165 Å². The van der Waals surface area contributed by atoms with Crippen molar-refractivity contribution in [1.82, 2.24) is 0 Å². The fraction of sp³-hybridized carbons (Fsp3) is 0.780. The molecule has 0 aromatic heterocycles. The van der Waals surface area contributed by atoms with Crippen molar-refractivity contribution in [3.05, 3.63) is 48.6 Å². The molecule has 0 aliphatic carbocycles. The van der Waals surface area contributed by atoms with Crippen LogP contribution in [-0.4, -0.2) is 80.6 Å². The first-order chi connectivity index (χ1) is 28.1. The van der Waals surface area contributed by atoms with Gasteiger partial charge in [0.15, 0.2) is 12.1 Å². The Labute approximate surface area is 356 Å². The summed E-state index contributed by atoms with van der Waals surface area (Å²) in [5.74, 6) is -1.51. The van der Waals surface area contributed by atoms with E-state index in [1.807, 2.05) is 21.1 Å². The van der Waals surface area contributed by atoms with E-state index in [0.717, 1.165) is 64.2 Å². The van der Waals surface area contributed by atoms with E-state index in [1.165, 1.54) is 103 Å². The van der Waals surface area contributed by atoms with Crippen molar-refractivity contribution in [2.45, 2.75) is 212 Å². The SMILES string of the molecule is CCCC/C=C/C=C/CCCCCC(=O)OCC(COCCC(C(=O)O)[N+](C)(C)C)OC(=O)CCCCCCCCC/C=C/C/C=C/CCCCCCCCCCC. The van der Waals surface area contributed by atoms with Crippen LogP contribution in [-0.2, 0) is 28.6 Å². The lowest BCUT2D eigenvalue weighted by atomic mass is 10.1. The molecule has 0 fully saturated rings. The first-order valence-corrected chi connectivity index (χ1v) is 23.7. The second-order valence-corrected chi connectivity index (χ2v) is 17.0. The average molecular weight is 817 g/mol. The molecular formula is C50H90NO7+. The van der Waals surface area contributed by atoms with E-state index in [2.05, 4.69) is 62.5 Å². The lowest BCUT2D eigenvalue weighted by Gasteiger charge is -2.31. The van der Waals surface area contributed by atoms with Crippen LogP contribution in [0.15, 0.2) is 48.6 Å². The van der Waals surface area contributed by atoms with E-state index in [1.54, 1.807) is 0 Å². The zero-order chi connectivity index (χ0) is 42.8. The number of ether oxygens (including phenoxy) is 3. The van der Waals surface area contributed by atoms with E-state index < -0.39 is 18.1 Å². The Morgan fingerprint density at radius 3 is 1.50 bits per heavy atom. The third-order valence-corrected chi connectivity index (χ3v) is 10.5. The van der Waals surface area contributed by atoms with Gasteiger partial charge in [-0.25, -0.2) is 4.79 Å². The van der Waals surface area contributed by atoms with Crippen molar-refractivity contribution in [1.29, 1.82) is 0 Å². The lowest BCUT2D eigenvalue weighted by Crippen LogP contribution is -2.50. The summed E-state index contributed by atoms with van der Waals surface area (Å²) >= 11 is 0. The Morgan fingerprint density at radius 2 is 0.983 bits per heavy atom. The number of allylic oxidation sites excluding steroid dienone is 8. The van der Waals surface area contributed by atoms with Gasteiger partial charge >= 0.3 is 17.9 Å². The van der Waals surface area contributed by atoms with Gasteiger partial charge in [0.25, 0.3) is 0 Å². The van der Waals surface area contributed by atoms with E-state index in [-0.39, 0.29) is 36.2 Å². The van der Waals surface area contributed by atoms with Crippen molar-refractivity contribution in [2.24, 2.45) is 0 Å². The molecule has 0 amide bonds. The maximum absolute atomic E-state index is 12.7. The van der Waals surface area contributed by atoms with Gasteiger partial charge in [-0.3, -0.25) is 9.59 Å². The number of quaternary nitrogens is 1. The number of likely N-dealkylation sites (N-methyl/N-ethyl adjacent to an activating group) is 1. The predicted molar refractivity (Wildman–Crippen MR) is 243 cm³/mol. The first-order valence-electron chi connectivity index (χ1n) is 23.7. The van der Waals surface area contributed by atoms with Gasteiger partial charge in [-0.2, -0.15) is 0 Å². The van der Waals surface area contributed by atoms with E-state index >= 15 is 0 Å². The highest BCUT2D eigenvalue weighted by molar-refractivity contribution is 5.72. The summed E-state index contributed by atoms with van der Waals surface area (Å²) in [5.41, 5.74) is 0. The molecule has 0 rings (SSSR count). The van der Waals surface area contributed by atoms with E-state index in [4.69, 9.17) is 14.2 Å². The maximum Gasteiger partial charge on any atom is 0.362 e. The number of carbonyl (C=O) groups excluding carboxylic acids is 2. The molecule has 0 heterocycles. The van der Waals surface area contributed by atoms with E-state index in [0.29, 0.717) is 19.3 Å². The first kappa shape index (κ1) is 55.3. The topological polar surface area (TPSA) is 99.1 Å². The number of aliphatic carboxylic acids is 1. The van der Waals surface area contributed by atoms with Crippen molar-refractivity contribution in [3.63, 3.8) is 0 Å². The second kappa shape index (κ2) is 41.0. The Morgan fingerprint density at radius 1 is 0.534 bits per heavy atom. The summed E-state index contributed by atoms with van der Waals surface area (Å²) in [5, 5.41) is 9.62. The highest BCUT2D eigenvalue weighted by Crippen LogP contribution is 2.14. The molecule has 0 spiro atoms. The molecule has 8 nitrogen and oxygen atoms in total. The predicted octanol–water partition coefficient (Wildman–Crippen LogP) is 13.2. The monoisotopic (exact) mass is 817 g/mol. The summed E-state index contributed by atoms with van der Waals surface area (Å²) in [6.45, 7) is 4.65. The number of hydrogen-bond donors (Lipinski definition) is 1. The van der Waals surface area contributed by atoms with E-state index in [9.17, 15) is 19.5 Å². The number of unbranched alkanes of at least 4 members (excludes halogenated alkanes) is 21. The fourth-order valence-corrected chi connectivity index (χ4v) is 6.75. The molecule has 1 N–H and O–H groups in total. The van der Waals surface area contributed by atoms with Gasteiger partial charge in [0, 0.05) is 19.3 Å². The molecule has 2 unspecified atom stereocenters. The lowest BCUT2D eigenvalue weighted by molar-refractivity contribution is -0.887. The molecule has 0 aromatic rings. The van der Waals surface area contributed by atoms with Crippen molar-refractivity contribution >= 4 is 17.9 Å².